The summed E-state index contributed by atoms with van der Waals surface area (Å²) in [6.45, 7) is 4.52. The molecule has 166 valence electrons. The first-order valence-corrected chi connectivity index (χ1v) is 11.6. The zero-order chi connectivity index (χ0) is 22.8. The number of phenols is 1. The van der Waals surface area contributed by atoms with Crippen LogP contribution in [0, 0.1) is 11.3 Å². The SMILES string of the molecule is CC(C)C1(Cc2cc(Cc3ccccc3)cc(-n3nc4ccccc4n3)c2O)C=CC=CC1. The second-order valence-corrected chi connectivity index (χ2v) is 9.32. The molecule has 0 radical (unpaired) electrons. The van der Waals surface area contributed by atoms with Crippen molar-refractivity contribution in [2.45, 2.75) is 33.1 Å². The third-order valence-corrected chi connectivity index (χ3v) is 6.82. The van der Waals surface area contributed by atoms with Crippen molar-refractivity contribution in [3.63, 3.8) is 0 Å². The quantitative estimate of drug-likeness (QED) is 0.380. The maximum atomic E-state index is 11.4. The molecule has 4 heteroatoms. The maximum absolute atomic E-state index is 11.4. The lowest BCUT2D eigenvalue weighted by molar-refractivity contribution is 0.260. The number of aromatic nitrogens is 3. The van der Waals surface area contributed by atoms with Crippen molar-refractivity contribution < 1.29 is 5.11 Å². The van der Waals surface area contributed by atoms with Gasteiger partial charge in [0.1, 0.15) is 22.5 Å². The van der Waals surface area contributed by atoms with E-state index in [-0.39, 0.29) is 11.2 Å². The highest BCUT2D eigenvalue weighted by atomic mass is 16.3. The van der Waals surface area contributed by atoms with E-state index in [0.717, 1.165) is 41.4 Å². The van der Waals surface area contributed by atoms with E-state index >= 15 is 0 Å². The van der Waals surface area contributed by atoms with Gasteiger partial charge >= 0.3 is 0 Å². The van der Waals surface area contributed by atoms with Crippen LogP contribution in [-0.2, 0) is 12.8 Å². The van der Waals surface area contributed by atoms with E-state index in [1.165, 1.54) is 5.56 Å². The predicted molar refractivity (Wildman–Crippen MR) is 134 cm³/mol. The molecule has 0 amide bonds. The molecule has 0 aliphatic heterocycles. The zero-order valence-corrected chi connectivity index (χ0v) is 19.1. The molecule has 1 N–H and O–H groups in total. The monoisotopic (exact) mass is 435 g/mol. The standard InChI is InChI=1S/C29H29N3O/c1-21(2)29(15-9-4-10-16-29)20-24-18-23(17-22-11-5-3-6-12-22)19-27(28(24)33)32-30-25-13-7-8-14-26(25)31-32/h3-15,18-19,21,33H,16-17,20H2,1-2H3. The Kier molecular flexibility index (Phi) is 5.59. The first-order chi connectivity index (χ1) is 16.0. The summed E-state index contributed by atoms with van der Waals surface area (Å²) in [4.78, 5) is 1.58. The summed E-state index contributed by atoms with van der Waals surface area (Å²) >= 11 is 0. The molecule has 3 aromatic carbocycles. The van der Waals surface area contributed by atoms with E-state index in [1.807, 2.05) is 36.4 Å². The Labute approximate surface area is 194 Å². The van der Waals surface area contributed by atoms with Gasteiger partial charge < -0.3 is 5.11 Å². The molecule has 0 saturated heterocycles. The molecule has 1 aliphatic carbocycles. The molecular formula is C29H29N3O. The highest BCUT2D eigenvalue weighted by molar-refractivity contribution is 5.73. The van der Waals surface area contributed by atoms with Crippen LogP contribution in [0.4, 0.5) is 0 Å². The molecule has 1 heterocycles. The zero-order valence-electron chi connectivity index (χ0n) is 19.1. The summed E-state index contributed by atoms with van der Waals surface area (Å²) in [5, 5.41) is 20.7. The minimum Gasteiger partial charge on any atom is -0.505 e. The van der Waals surface area contributed by atoms with Gasteiger partial charge in [-0.1, -0.05) is 86.7 Å². The number of phenolic OH excluding ortho intramolecular Hbond substituents is 1. The number of aromatic hydroxyl groups is 1. The van der Waals surface area contributed by atoms with E-state index in [0.29, 0.717) is 11.6 Å². The fourth-order valence-electron chi connectivity index (χ4n) is 4.73. The Morgan fingerprint density at radius 2 is 1.61 bits per heavy atom. The minimum absolute atomic E-state index is 0.0306. The number of hydrogen-bond acceptors (Lipinski definition) is 3. The smallest absolute Gasteiger partial charge is 0.146 e. The summed E-state index contributed by atoms with van der Waals surface area (Å²) in [5.41, 5.74) is 5.53. The molecule has 4 aromatic rings. The van der Waals surface area contributed by atoms with Crippen LogP contribution >= 0.6 is 0 Å². The van der Waals surface area contributed by atoms with Gasteiger partial charge in [-0.3, -0.25) is 0 Å². The van der Waals surface area contributed by atoms with Gasteiger partial charge in [0, 0.05) is 0 Å². The largest absolute Gasteiger partial charge is 0.505 e. The lowest BCUT2D eigenvalue weighted by Gasteiger charge is -2.36. The summed E-state index contributed by atoms with van der Waals surface area (Å²) < 4.78 is 0. The molecule has 0 bridgehead atoms. The molecule has 0 saturated carbocycles. The van der Waals surface area contributed by atoms with Gasteiger partial charge in [0.05, 0.1) is 0 Å². The molecular weight excluding hydrogens is 406 g/mol. The lowest BCUT2D eigenvalue weighted by Crippen LogP contribution is -2.28. The van der Waals surface area contributed by atoms with E-state index in [9.17, 15) is 5.11 Å². The summed E-state index contributed by atoms with van der Waals surface area (Å²) in [7, 11) is 0. The normalized spacial score (nSPS) is 17.8. The Balaban J connectivity index is 1.62. The fraction of sp³-hybridized carbons (Fsp3) is 0.241. The minimum atomic E-state index is -0.0306. The van der Waals surface area contributed by atoms with Crippen molar-refractivity contribution in [3.05, 3.63) is 108 Å². The number of fused-ring (bicyclic) bond motifs is 1. The van der Waals surface area contributed by atoms with Gasteiger partial charge in [-0.05, 0) is 65.5 Å². The summed E-state index contributed by atoms with van der Waals surface area (Å²) in [6.07, 6.45) is 11.3. The average molecular weight is 436 g/mol. The third-order valence-electron chi connectivity index (χ3n) is 6.82. The average Bonchev–Trinajstić information content (AvgIpc) is 3.26. The van der Waals surface area contributed by atoms with E-state index < -0.39 is 0 Å². The van der Waals surface area contributed by atoms with Crippen LogP contribution in [0.1, 0.15) is 37.0 Å². The number of allylic oxidation sites excluding steroid dienone is 4. The van der Waals surface area contributed by atoms with Crippen molar-refractivity contribution in [2.24, 2.45) is 11.3 Å². The van der Waals surface area contributed by atoms with Gasteiger partial charge in [-0.15, -0.1) is 15.0 Å². The number of benzene rings is 3. The molecule has 1 unspecified atom stereocenters. The molecule has 0 fully saturated rings. The van der Waals surface area contributed by atoms with Gasteiger partial charge in [0.2, 0.25) is 0 Å². The van der Waals surface area contributed by atoms with Gasteiger partial charge in [0.15, 0.2) is 0 Å². The van der Waals surface area contributed by atoms with Gasteiger partial charge in [0.25, 0.3) is 0 Å². The number of rotatable bonds is 6. The number of hydrogen-bond donors (Lipinski definition) is 1. The van der Waals surface area contributed by atoms with E-state index in [4.69, 9.17) is 0 Å². The first-order valence-electron chi connectivity index (χ1n) is 11.6. The molecule has 5 rings (SSSR count). The Morgan fingerprint density at radius 1 is 0.909 bits per heavy atom. The number of nitrogens with zero attached hydrogens (tertiary/aromatic N) is 3. The van der Waals surface area contributed by atoms with Gasteiger partial charge in [-0.25, -0.2) is 0 Å². The van der Waals surface area contributed by atoms with Crippen molar-refractivity contribution >= 4 is 11.0 Å². The van der Waals surface area contributed by atoms with Crippen LogP contribution in [0.15, 0.2) is 91.0 Å². The van der Waals surface area contributed by atoms with E-state index in [1.54, 1.807) is 4.80 Å². The molecule has 1 aromatic heterocycles. The van der Waals surface area contributed by atoms with Crippen LogP contribution in [0.25, 0.3) is 16.7 Å². The topological polar surface area (TPSA) is 50.9 Å². The van der Waals surface area contributed by atoms with E-state index in [2.05, 4.69) is 78.7 Å². The summed E-state index contributed by atoms with van der Waals surface area (Å²) in [5.74, 6) is 0.694. The van der Waals surface area contributed by atoms with Crippen LogP contribution in [0.2, 0.25) is 0 Å². The second-order valence-electron chi connectivity index (χ2n) is 9.32. The fourth-order valence-corrected chi connectivity index (χ4v) is 4.73. The molecule has 0 spiro atoms. The van der Waals surface area contributed by atoms with Crippen molar-refractivity contribution in [1.29, 1.82) is 0 Å². The molecule has 1 aliphatic rings. The third kappa shape index (κ3) is 4.21. The Bertz CT molecular complexity index is 1300. The van der Waals surface area contributed by atoms with Crippen molar-refractivity contribution in [1.82, 2.24) is 15.0 Å². The second kappa shape index (κ2) is 8.70. The highest BCUT2D eigenvalue weighted by Crippen LogP contribution is 2.42. The maximum Gasteiger partial charge on any atom is 0.146 e. The molecule has 4 nitrogen and oxygen atoms in total. The van der Waals surface area contributed by atoms with Crippen LogP contribution in [0.3, 0.4) is 0 Å². The first kappa shape index (κ1) is 21.2. The lowest BCUT2D eigenvalue weighted by atomic mass is 9.68. The summed E-state index contributed by atoms with van der Waals surface area (Å²) in [6, 6.07) is 22.4. The van der Waals surface area contributed by atoms with Crippen LogP contribution in [-0.4, -0.2) is 20.1 Å². The molecule has 1 atom stereocenters. The molecule has 33 heavy (non-hydrogen) atoms. The van der Waals surface area contributed by atoms with Crippen LogP contribution < -0.4 is 0 Å². The highest BCUT2D eigenvalue weighted by Gasteiger charge is 2.32. The van der Waals surface area contributed by atoms with Crippen molar-refractivity contribution in [3.8, 4) is 11.4 Å². The van der Waals surface area contributed by atoms with Gasteiger partial charge in [-0.2, -0.15) is 0 Å². The Morgan fingerprint density at radius 3 is 2.24 bits per heavy atom. The van der Waals surface area contributed by atoms with Crippen LogP contribution in [0.5, 0.6) is 5.75 Å². The van der Waals surface area contributed by atoms with Crippen molar-refractivity contribution in [2.75, 3.05) is 0 Å². The predicted octanol–water partition coefficient (Wildman–Crippen LogP) is 6.42. The Hall–Kier alpha value is -3.66.